The molecule has 5 aliphatic rings. The molecule has 3 atom stereocenters. The maximum atomic E-state index is 15.8. The number of ketones is 1. The third kappa shape index (κ3) is 9.17. The van der Waals surface area contributed by atoms with Gasteiger partial charge in [-0.1, -0.05) is 45.0 Å². The lowest BCUT2D eigenvalue weighted by molar-refractivity contribution is -0.136. The number of aromatic nitrogens is 2. The molecule has 20 heteroatoms. The lowest BCUT2D eigenvalue weighted by atomic mass is 9.72. The van der Waals surface area contributed by atoms with Crippen molar-refractivity contribution in [1.29, 1.82) is 0 Å². The van der Waals surface area contributed by atoms with E-state index in [1.54, 1.807) is 17.2 Å². The molecule has 3 amide bonds. The van der Waals surface area contributed by atoms with E-state index < -0.39 is 71.9 Å². The van der Waals surface area contributed by atoms with Crippen molar-refractivity contribution < 1.29 is 45.2 Å². The molecule has 4 saturated heterocycles. The van der Waals surface area contributed by atoms with Crippen molar-refractivity contribution in [1.82, 2.24) is 29.4 Å². The van der Waals surface area contributed by atoms with E-state index in [0.29, 0.717) is 35.1 Å². The first kappa shape index (κ1) is 48.7. The molecule has 1 spiro atoms. The summed E-state index contributed by atoms with van der Waals surface area (Å²) < 4.78 is 80.4. The molecule has 15 nitrogen and oxygen atoms in total. The minimum absolute atomic E-state index is 0.000925. The number of likely N-dealkylation sites (tertiary alicyclic amines) is 1. The molecule has 5 aliphatic heterocycles. The van der Waals surface area contributed by atoms with Gasteiger partial charge in [-0.25, -0.2) is 18.2 Å². The molecule has 374 valence electrons. The standard InChI is InChI=1S/C51H57F3N8O7SSi/c1-50(2,3)71(4,5)69-42(31-8-11-36-33(20-31)24-62(49(36)66)41-14-15-43(63)57-48(41)65)17-18-59-26-51(27-59)28-60(29-51)35-9-6-30(7-10-35)32-21-37-38(23-56-47(37)55-22-32)46(64)44-39(53)12-13-40(45(44)54)58-70(67,68)61-19-16-34(52)25-61/h6-13,20-23,34,41-42,58H,14-19,24-29H2,1-5H3,(H,55,56)(H,57,63,65)/t34-,41+,42?/m1/s1. The predicted molar refractivity (Wildman–Crippen MR) is 264 cm³/mol. The van der Waals surface area contributed by atoms with Gasteiger partial charge in [0.25, 0.3) is 5.91 Å². The van der Waals surface area contributed by atoms with Gasteiger partial charge >= 0.3 is 10.2 Å². The minimum Gasteiger partial charge on any atom is -0.410 e. The van der Waals surface area contributed by atoms with Crippen molar-refractivity contribution in [3.63, 3.8) is 0 Å². The molecule has 1 unspecified atom stereocenters. The van der Waals surface area contributed by atoms with Crippen LogP contribution in [-0.2, 0) is 30.8 Å². The van der Waals surface area contributed by atoms with Crippen molar-refractivity contribution in [2.75, 3.05) is 55.4 Å². The lowest BCUT2D eigenvalue weighted by Gasteiger charge is -2.61. The Balaban J connectivity index is 0.770. The highest BCUT2D eigenvalue weighted by Gasteiger charge is 2.52. The van der Waals surface area contributed by atoms with E-state index in [4.69, 9.17) is 4.43 Å². The number of hydrogen-bond donors (Lipinski definition) is 3. The largest absolute Gasteiger partial charge is 0.410 e. The van der Waals surface area contributed by atoms with E-state index in [2.05, 4.69) is 65.0 Å². The number of nitrogens with one attached hydrogen (secondary N) is 3. The molecular weight excluding hydrogens is 954 g/mol. The van der Waals surface area contributed by atoms with Gasteiger partial charge in [0.2, 0.25) is 17.6 Å². The van der Waals surface area contributed by atoms with Crippen LogP contribution in [0.5, 0.6) is 0 Å². The average Bonchev–Trinajstić information content (AvgIpc) is 4.02. The Morgan fingerprint density at radius 3 is 2.42 bits per heavy atom. The summed E-state index contributed by atoms with van der Waals surface area (Å²) in [5.41, 5.74) is 3.90. The van der Waals surface area contributed by atoms with Crippen LogP contribution < -0.4 is 14.9 Å². The van der Waals surface area contributed by atoms with Crippen molar-refractivity contribution in [2.24, 2.45) is 5.41 Å². The van der Waals surface area contributed by atoms with Gasteiger partial charge in [-0.05, 0) is 90.5 Å². The fourth-order valence-corrected chi connectivity index (χ4v) is 13.0. The maximum Gasteiger partial charge on any atom is 0.301 e. The first-order chi connectivity index (χ1) is 33.6. The number of halogens is 3. The number of carbonyl (C=O) groups is 4. The van der Waals surface area contributed by atoms with Crippen molar-refractivity contribution in [3.05, 3.63) is 113 Å². The van der Waals surface area contributed by atoms with Gasteiger partial charge in [-0.2, -0.15) is 12.7 Å². The second-order valence-electron chi connectivity index (χ2n) is 21.4. The number of benzene rings is 3. The average molecular weight is 1010 g/mol. The van der Waals surface area contributed by atoms with E-state index >= 15 is 8.78 Å². The second-order valence-corrected chi connectivity index (χ2v) is 27.8. The Morgan fingerprint density at radius 2 is 1.73 bits per heavy atom. The number of pyridine rings is 1. The van der Waals surface area contributed by atoms with Crippen molar-refractivity contribution >= 4 is 64.4 Å². The quantitative estimate of drug-likeness (QED) is 0.0575. The number of imide groups is 1. The Kier molecular flexibility index (Phi) is 12.3. The number of fused-ring (bicyclic) bond motifs is 2. The number of carbonyl (C=O) groups excluding carboxylic acids is 4. The second kappa shape index (κ2) is 18.0. The van der Waals surface area contributed by atoms with Gasteiger partial charge in [-0.3, -0.25) is 29.2 Å². The first-order valence-corrected chi connectivity index (χ1v) is 28.4. The third-order valence-electron chi connectivity index (χ3n) is 15.4. The maximum absolute atomic E-state index is 15.8. The summed E-state index contributed by atoms with van der Waals surface area (Å²) >= 11 is 0. The fraction of sp³-hybridized carbons (Fsp3) is 0.431. The van der Waals surface area contributed by atoms with E-state index in [0.717, 1.165) is 78.0 Å². The fourth-order valence-electron chi connectivity index (χ4n) is 10.4. The highest BCUT2D eigenvalue weighted by atomic mass is 32.2. The summed E-state index contributed by atoms with van der Waals surface area (Å²) in [5.74, 6) is -4.50. The number of amides is 3. The highest BCUT2D eigenvalue weighted by molar-refractivity contribution is 7.90. The Bertz CT molecular complexity index is 3100. The van der Waals surface area contributed by atoms with Gasteiger partial charge in [-0.15, -0.1) is 0 Å². The molecule has 7 heterocycles. The summed E-state index contributed by atoms with van der Waals surface area (Å²) in [4.78, 5) is 65.5. The van der Waals surface area contributed by atoms with Crippen LogP contribution in [0.2, 0.25) is 18.1 Å². The summed E-state index contributed by atoms with van der Waals surface area (Å²) in [5, 5.41) is 2.69. The molecule has 3 aromatic carbocycles. The monoisotopic (exact) mass is 1010 g/mol. The minimum atomic E-state index is -4.37. The van der Waals surface area contributed by atoms with Crippen LogP contribution in [-0.4, -0.2) is 122 Å². The Hall–Kier alpha value is -5.93. The summed E-state index contributed by atoms with van der Waals surface area (Å²) in [6.45, 7) is 15.6. The van der Waals surface area contributed by atoms with Crippen LogP contribution in [0.1, 0.15) is 90.0 Å². The van der Waals surface area contributed by atoms with Gasteiger partial charge < -0.3 is 24.1 Å². The molecule has 5 aromatic rings. The number of rotatable bonds is 14. The van der Waals surface area contributed by atoms with Crippen molar-refractivity contribution in [2.45, 2.75) is 89.4 Å². The Morgan fingerprint density at radius 1 is 0.986 bits per heavy atom. The van der Waals surface area contributed by atoms with Crippen LogP contribution in [0.25, 0.3) is 22.2 Å². The molecule has 0 saturated carbocycles. The van der Waals surface area contributed by atoms with Crippen LogP contribution in [0.15, 0.2) is 73.1 Å². The number of aromatic amines is 1. The van der Waals surface area contributed by atoms with E-state index in [9.17, 15) is 32.0 Å². The van der Waals surface area contributed by atoms with Gasteiger partial charge in [0, 0.05) is 104 Å². The van der Waals surface area contributed by atoms with Crippen LogP contribution in [0.3, 0.4) is 0 Å². The molecule has 2 aromatic heterocycles. The SMILES string of the molecule is CC(C)(C)[Si](C)(C)OC(CCN1CC2(C1)CN(c1ccc(-c3cnc4[nH]cc(C(=O)c5c(F)ccc(NS(=O)(=O)N6CC[C@@H](F)C6)c5F)c4c3)cc1)C2)c1ccc2c(c1)CN([C@H]1CCC(=O)NC1=O)C2=O. The highest BCUT2D eigenvalue weighted by Crippen LogP contribution is 2.45. The molecule has 0 aliphatic carbocycles. The zero-order chi connectivity index (χ0) is 50.4. The number of piperidine rings is 1. The predicted octanol–water partition coefficient (Wildman–Crippen LogP) is 7.48. The molecule has 71 heavy (non-hydrogen) atoms. The molecule has 10 rings (SSSR count). The Labute approximate surface area is 411 Å². The van der Waals surface area contributed by atoms with Gasteiger partial charge in [0.15, 0.2) is 14.1 Å². The van der Waals surface area contributed by atoms with E-state index in [-0.39, 0.29) is 53.3 Å². The zero-order valence-electron chi connectivity index (χ0n) is 40.3. The van der Waals surface area contributed by atoms with Gasteiger partial charge in [0.05, 0.1) is 17.4 Å². The summed E-state index contributed by atoms with van der Waals surface area (Å²) in [6.07, 6.45) is 2.72. The number of alkyl halides is 1. The van der Waals surface area contributed by atoms with Crippen molar-refractivity contribution in [3.8, 4) is 11.1 Å². The van der Waals surface area contributed by atoms with Crippen LogP contribution >= 0.6 is 0 Å². The molecule has 0 radical (unpaired) electrons. The number of anilines is 2. The topological polar surface area (TPSA) is 177 Å². The molecule has 4 fully saturated rings. The van der Waals surface area contributed by atoms with Gasteiger partial charge in [0.1, 0.15) is 23.7 Å². The first-order valence-electron chi connectivity index (χ1n) is 24.0. The third-order valence-corrected chi connectivity index (χ3v) is 21.3. The summed E-state index contributed by atoms with van der Waals surface area (Å²) in [7, 11) is -6.58. The number of H-pyrrole nitrogens is 1. The van der Waals surface area contributed by atoms with E-state index in [1.807, 2.05) is 41.1 Å². The van der Waals surface area contributed by atoms with Crippen LogP contribution in [0.4, 0.5) is 24.5 Å². The molecule has 3 N–H and O–H groups in total. The molecular formula is C51H57F3N8O7SSi. The molecule has 0 bridgehead atoms. The number of nitrogens with zero attached hydrogens (tertiary/aromatic N) is 5. The smallest absolute Gasteiger partial charge is 0.301 e. The normalized spacial score (nSPS) is 21.1. The summed E-state index contributed by atoms with van der Waals surface area (Å²) in [6, 6.07) is 16.7. The number of hydrogen-bond acceptors (Lipinski definition) is 10. The lowest BCUT2D eigenvalue weighted by Crippen LogP contribution is -2.72. The zero-order valence-corrected chi connectivity index (χ0v) is 42.1. The van der Waals surface area contributed by atoms with E-state index in [1.165, 1.54) is 6.20 Å². The van der Waals surface area contributed by atoms with Crippen LogP contribution in [0, 0.1) is 17.0 Å².